The number of H-pyrrole nitrogens is 1. The number of ether oxygens (including phenoxy) is 1. The predicted molar refractivity (Wildman–Crippen MR) is 80.2 cm³/mol. The van der Waals surface area contributed by atoms with Crippen molar-refractivity contribution in [2.75, 3.05) is 0 Å². The molecular weight excluding hydrogens is 266 g/mol. The third kappa shape index (κ3) is 1.95. The summed E-state index contributed by atoms with van der Waals surface area (Å²) in [5, 5.41) is 0. The van der Waals surface area contributed by atoms with Gasteiger partial charge < -0.3 is 9.72 Å². The lowest BCUT2D eigenvalue weighted by Crippen LogP contribution is -2.38. The van der Waals surface area contributed by atoms with Crippen molar-refractivity contribution in [1.82, 2.24) is 4.98 Å². The Balaban J connectivity index is 1.82. The molecule has 0 saturated heterocycles. The van der Waals surface area contributed by atoms with Crippen molar-refractivity contribution in [3.8, 4) is 0 Å². The zero-order chi connectivity index (χ0) is 15.4. The van der Waals surface area contributed by atoms with Crippen molar-refractivity contribution in [3.63, 3.8) is 0 Å². The van der Waals surface area contributed by atoms with Crippen molar-refractivity contribution >= 4 is 5.97 Å². The van der Waals surface area contributed by atoms with Crippen molar-refractivity contribution in [1.29, 1.82) is 0 Å². The lowest BCUT2D eigenvalue weighted by molar-refractivity contribution is -0.0243. The topological polar surface area (TPSA) is 59.2 Å². The Morgan fingerprint density at radius 2 is 2.10 bits per heavy atom. The molecule has 1 heterocycles. The maximum atomic E-state index is 12.3. The molecule has 2 fully saturated rings. The molecule has 4 heteroatoms. The molecule has 1 aromatic rings. The van der Waals surface area contributed by atoms with Gasteiger partial charge in [0.1, 0.15) is 11.7 Å². The Hall–Kier alpha value is -1.58. The van der Waals surface area contributed by atoms with E-state index in [1.165, 1.54) is 18.7 Å². The average Bonchev–Trinajstić information content (AvgIpc) is 2.71. The largest absolute Gasteiger partial charge is 0.458 e. The van der Waals surface area contributed by atoms with Gasteiger partial charge in [-0.3, -0.25) is 4.79 Å². The van der Waals surface area contributed by atoms with Crippen molar-refractivity contribution < 1.29 is 9.53 Å². The second kappa shape index (κ2) is 4.46. The van der Waals surface area contributed by atoms with E-state index < -0.39 is 5.97 Å². The number of esters is 1. The molecule has 3 atom stereocenters. The van der Waals surface area contributed by atoms with Gasteiger partial charge in [0.15, 0.2) is 5.43 Å². The van der Waals surface area contributed by atoms with Crippen molar-refractivity contribution in [2.24, 2.45) is 16.7 Å². The molecule has 2 bridgehead atoms. The quantitative estimate of drug-likeness (QED) is 0.851. The molecule has 2 saturated carbocycles. The van der Waals surface area contributed by atoms with E-state index in [2.05, 4.69) is 25.8 Å². The summed E-state index contributed by atoms with van der Waals surface area (Å²) in [6, 6.07) is 1.43. The van der Waals surface area contributed by atoms with Crippen LogP contribution in [-0.2, 0) is 4.74 Å². The summed E-state index contributed by atoms with van der Waals surface area (Å²) in [4.78, 5) is 27.1. The van der Waals surface area contributed by atoms with Crippen LogP contribution in [0.25, 0.3) is 0 Å². The van der Waals surface area contributed by atoms with Crippen LogP contribution in [0.4, 0.5) is 0 Å². The van der Waals surface area contributed by atoms with Crippen LogP contribution in [-0.4, -0.2) is 17.1 Å². The summed E-state index contributed by atoms with van der Waals surface area (Å²) in [5.74, 6) is 0.113. The highest BCUT2D eigenvalue weighted by Crippen LogP contribution is 2.66. The zero-order valence-electron chi connectivity index (χ0n) is 13.2. The summed E-state index contributed by atoms with van der Waals surface area (Å²) >= 11 is 0. The summed E-state index contributed by atoms with van der Waals surface area (Å²) in [5.41, 5.74) is 0.778. The van der Waals surface area contributed by atoms with Gasteiger partial charge in [-0.25, -0.2) is 4.79 Å². The molecule has 2 aliphatic carbocycles. The van der Waals surface area contributed by atoms with E-state index in [0.29, 0.717) is 5.92 Å². The first-order valence-electron chi connectivity index (χ1n) is 7.66. The third-order valence-corrected chi connectivity index (χ3v) is 6.24. The van der Waals surface area contributed by atoms with Crippen molar-refractivity contribution in [3.05, 3.63) is 33.7 Å². The fraction of sp³-hybridized carbons (Fsp3) is 0.647. The number of hydrogen-bond acceptors (Lipinski definition) is 3. The molecule has 21 heavy (non-hydrogen) atoms. The van der Waals surface area contributed by atoms with Gasteiger partial charge in [0, 0.05) is 23.4 Å². The van der Waals surface area contributed by atoms with Gasteiger partial charge in [-0.1, -0.05) is 20.8 Å². The first kappa shape index (κ1) is 14.4. The summed E-state index contributed by atoms with van der Waals surface area (Å²) in [7, 11) is 0. The van der Waals surface area contributed by atoms with E-state index in [9.17, 15) is 9.59 Å². The van der Waals surface area contributed by atoms with Crippen molar-refractivity contribution in [2.45, 2.75) is 53.1 Å². The van der Waals surface area contributed by atoms with Crippen LogP contribution in [0.15, 0.2) is 17.1 Å². The average molecular weight is 289 g/mol. The molecule has 4 nitrogen and oxygen atoms in total. The Labute approximate surface area is 124 Å². The number of carbonyl (C=O) groups excluding carboxylic acids is 1. The Bertz CT molecular complexity index is 646. The van der Waals surface area contributed by atoms with E-state index in [1.54, 1.807) is 6.92 Å². The molecule has 3 rings (SSSR count). The first-order chi connectivity index (χ1) is 9.75. The summed E-state index contributed by atoms with van der Waals surface area (Å²) < 4.78 is 5.73. The molecule has 0 radical (unpaired) electrons. The van der Waals surface area contributed by atoms with Gasteiger partial charge in [-0.05, 0) is 37.5 Å². The molecule has 0 amide bonds. The highest BCUT2D eigenvalue weighted by Gasteiger charge is 2.62. The normalized spacial score (nSPS) is 33.1. The van der Waals surface area contributed by atoms with Gasteiger partial charge in [-0.2, -0.15) is 0 Å². The Morgan fingerprint density at radius 3 is 2.62 bits per heavy atom. The second-order valence-corrected chi connectivity index (χ2v) is 7.40. The standard InChI is InChI=1S/C17H23NO3/c1-10-7-13(19)12(9-18-10)15(20)21-14-8-11-5-6-17(14,4)16(11,2)3/h7,9,11,14H,5-6,8H2,1-4H3,(H,18,19). The van der Waals surface area contributed by atoms with Crippen LogP contribution in [0, 0.1) is 23.7 Å². The van der Waals surface area contributed by atoms with E-state index in [1.807, 2.05) is 0 Å². The molecule has 2 aliphatic rings. The van der Waals surface area contributed by atoms with E-state index in [0.717, 1.165) is 18.5 Å². The number of pyridine rings is 1. The fourth-order valence-electron chi connectivity index (χ4n) is 4.23. The van der Waals surface area contributed by atoms with Gasteiger partial charge in [0.2, 0.25) is 0 Å². The maximum Gasteiger partial charge on any atom is 0.343 e. The maximum absolute atomic E-state index is 12.3. The number of carbonyl (C=O) groups is 1. The number of fused-ring (bicyclic) bond motifs is 2. The molecule has 1 N–H and O–H groups in total. The minimum Gasteiger partial charge on any atom is -0.458 e. The van der Waals surface area contributed by atoms with E-state index >= 15 is 0 Å². The van der Waals surface area contributed by atoms with Crippen LogP contribution < -0.4 is 5.43 Å². The van der Waals surface area contributed by atoms with Crippen LogP contribution in [0.5, 0.6) is 0 Å². The second-order valence-electron chi connectivity index (χ2n) is 7.40. The Kier molecular flexibility index (Phi) is 3.05. The molecule has 1 aromatic heterocycles. The molecule has 0 aliphatic heterocycles. The molecule has 3 unspecified atom stereocenters. The summed E-state index contributed by atoms with van der Waals surface area (Å²) in [6.07, 6.45) is 4.59. The van der Waals surface area contributed by atoms with Gasteiger partial charge in [0.05, 0.1) is 0 Å². The summed E-state index contributed by atoms with van der Waals surface area (Å²) in [6.45, 7) is 8.56. The third-order valence-electron chi connectivity index (χ3n) is 6.24. The fourth-order valence-corrected chi connectivity index (χ4v) is 4.23. The van der Waals surface area contributed by atoms with Crippen LogP contribution in [0.1, 0.15) is 56.1 Å². The number of hydrogen-bond donors (Lipinski definition) is 1. The highest BCUT2D eigenvalue weighted by atomic mass is 16.5. The van der Waals surface area contributed by atoms with Crippen LogP contribution >= 0.6 is 0 Å². The molecule has 0 spiro atoms. The van der Waals surface area contributed by atoms with Gasteiger partial charge in [-0.15, -0.1) is 0 Å². The van der Waals surface area contributed by atoms with Gasteiger partial charge in [0.25, 0.3) is 0 Å². The smallest absolute Gasteiger partial charge is 0.343 e. The minimum absolute atomic E-state index is 0.0186. The lowest BCUT2D eigenvalue weighted by atomic mass is 9.70. The Morgan fingerprint density at radius 1 is 1.38 bits per heavy atom. The minimum atomic E-state index is -0.495. The first-order valence-corrected chi connectivity index (χ1v) is 7.66. The highest BCUT2D eigenvalue weighted by molar-refractivity contribution is 5.89. The molecule has 0 aromatic carbocycles. The number of aromatic nitrogens is 1. The van der Waals surface area contributed by atoms with Crippen LogP contribution in [0.2, 0.25) is 0 Å². The monoisotopic (exact) mass is 289 g/mol. The number of nitrogens with one attached hydrogen (secondary N) is 1. The number of rotatable bonds is 2. The lowest BCUT2D eigenvalue weighted by Gasteiger charge is -2.38. The van der Waals surface area contributed by atoms with Gasteiger partial charge >= 0.3 is 5.97 Å². The van der Waals surface area contributed by atoms with E-state index in [4.69, 9.17) is 4.74 Å². The molecular formula is C17H23NO3. The van der Waals surface area contributed by atoms with E-state index in [-0.39, 0.29) is 27.9 Å². The zero-order valence-corrected chi connectivity index (χ0v) is 13.2. The SMILES string of the molecule is Cc1cc(=O)c(C(=O)OC2CC3CCC2(C)C3(C)C)c[nH]1. The number of aryl methyl sites for hydroxylation is 1. The number of aromatic amines is 1. The molecule has 114 valence electrons. The van der Waals surface area contributed by atoms with Crippen LogP contribution in [0.3, 0.4) is 0 Å². The predicted octanol–water partition coefficient (Wildman–Crippen LogP) is 3.05.